The molecule has 2 aromatic rings. The van der Waals surface area contributed by atoms with Crippen molar-refractivity contribution in [3.63, 3.8) is 0 Å². The summed E-state index contributed by atoms with van der Waals surface area (Å²) in [5.74, 6) is 0.451. The molecule has 0 aliphatic carbocycles. The van der Waals surface area contributed by atoms with Crippen molar-refractivity contribution in [2.24, 2.45) is 5.92 Å². The van der Waals surface area contributed by atoms with Gasteiger partial charge in [0.15, 0.2) is 0 Å². The third-order valence-corrected chi connectivity index (χ3v) is 8.29. The first-order chi connectivity index (χ1) is 16.7. The van der Waals surface area contributed by atoms with Crippen LogP contribution in [0.1, 0.15) is 44.2 Å². The number of hydrogen-bond acceptors (Lipinski definition) is 4. The average molecular weight is 538 g/mol. The number of likely N-dealkylation sites (tertiary alicyclic amines) is 1. The number of nitrogens with zero attached hydrogens (tertiary/aromatic N) is 3. The van der Waals surface area contributed by atoms with Gasteiger partial charge in [0, 0.05) is 53.9 Å². The molecule has 1 N–H and O–H groups in total. The number of carbonyl (C=O) groups excluding carboxylic acids is 1. The molecule has 8 heteroatoms. The van der Waals surface area contributed by atoms with Gasteiger partial charge < -0.3 is 20.0 Å². The third-order valence-electron chi connectivity index (χ3n) is 7.40. The number of likely N-dealkylation sites (N-methyl/N-ethyl adjacent to an activating group) is 1. The van der Waals surface area contributed by atoms with Gasteiger partial charge in [-0.2, -0.15) is 0 Å². The van der Waals surface area contributed by atoms with Crippen LogP contribution in [0.4, 0.5) is 11.4 Å². The monoisotopic (exact) mass is 536 g/mol. The first-order valence-corrected chi connectivity index (χ1v) is 13.6. The van der Waals surface area contributed by atoms with Crippen LogP contribution < -0.4 is 10.2 Å². The molecule has 2 heterocycles. The van der Waals surface area contributed by atoms with Crippen molar-refractivity contribution in [2.75, 3.05) is 50.5 Å². The fraction of sp³-hybridized carbons (Fsp3) is 0.519. The Balaban J connectivity index is 1.37. The fourth-order valence-electron chi connectivity index (χ4n) is 5.20. The second kappa shape index (κ2) is 11.6. The van der Waals surface area contributed by atoms with Crippen molar-refractivity contribution in [1.29, 1.82) is 0 Å². The van der Waals surface area contributed by atoms with Crippen molar-refractivity contribution in [1.82, 2.24) is 9.80 Å². The summed E-state index contributed by atoms with van der Waals surface area (Å²) in [6.45, 7) is 5.53. The second-order valence-electron chi connectivity index (χ2n) is 10.0. The maximum Gasteiger partial charge on any atom is 0.225 e. The molecule has 2 aromatic carbocycles. The highest BCUT2D eigenvalue weighted by molar-refractivity contribution is 6.35. The molecular formula is C27H35Cl3N4O. The molecule has 2 aliphatic heterocycles. The number of rotatable bonds is 6. The summed E-state index contributed by atoms with van der Waals surface area (Å²) in [7, 11) is 4.22. The fourth-order valence-corrected chi connectivity index (χ4v) is 5.95. The van der Waals surface area contributed by atoms with E-state index in [2.05, 4.69) is 53.2 Å². The summed E-state index contributed by atoms with van der Waals surface area (Å²) < 4.78 is 0. The molecule has 4 rings (SSSR count). The third kappa shape index (κ3) is 6.37. The minimum atomic E-state index is -0.0357. The highest BCUT2D eigenvalue weighted by atomic mass is 35.5. The van der Waals surface area contributed by atoms with Gasteiger partial charge in [-0.15, -0.1) is 0 Å². The summed E-state index contributed by atoms with van der Waals surface area (Å²) >= 11 is 19.0. The van der Waals surface area contributed by atoms with Crippen LogP contribution in [-0.2, 0) is 4.79 Å². The smallest absolute Gasteiger partial charge is 0.225 e. The summed E-state index contributed by atoms with van der Waals surface area (Å²) in [5.41, 5.74) is 2.94. The Morgan fingerprint density at radius 3 is 2.43 bits per heavy atom. The van der Waals surface area contributed by atoms with Crippen molar-refractivity contribution in [2.45, 2.75) is 44.7 Å². The number of carbonyl (C=O) groups is 1. The van der Waals surface area contributed by atoms with Gasteiger partial charge in [0.2, 0.25) is 5.91 Å². The molecule has 2 saturated heterocycles. The summed E-state index contributed by atoms with van der Waals surface area (Å²) in [4.78, 5) is 19.9. The molecule has 5 nitrogen and oxygen atoms in total. The zero-order valence-electron chi connectivity index (χ0n) is 20.7. The Morgan fingerprint density at radius 1 is 1.00 bits per heavy atom. The number of amides is 1. The molecule has 0 radical (unpaired) electrons. The maximum atomic E-state index is 13.2. The summed E-state index contributed by atoms with van der Waals surface area (Å²) in [6, 6.07) is 12.1. The Morgan fingerprint density at radius 2 is 1.74 bits per heavy atom. The first-order valence-electron chi connectivity index (χ1n) is 12.4. The van der Waals surface area contributed by atoms with Crippen molar-refractivity contribution in [3.8, 4) is 0 Å². The van der Waals surface area contributed by atoms with Crippen molar-refractivity contribution in [3.05, 3.63) is 57.0 Å². The van der Waals surface area contributed by atoms with Crippen LogP contribution in [0.15, 0.2) is 36.4 Å². The van der Waals surface area contributed by atoms with E-state index in [9.17, 15) is 4.79 Å². The van der Waals surface area contributed by atoms with Gasteiger partial charge in [-0.1, -0.05) is 40.9 Å². The molecule has 190 valence electrons. The highest BCUT2D eigenvalue weighted by Crippen LogP contribution is 2.34. The van der Waals surface area contributed by atoms with Gasteiger partial charge in [0.1, 0.15) is 0 Å². The molecule has 1 amide bonds. The highest BCUT2D eigenvalue weighted by Gasteiger charge is 2.32. The van der Waals surface area contributed by atoms with Crippen LogP contribution in [0.2, 0.25) is 15.1 Å². The van der Waals surface area contributed by atoms with Crippen LogP contribution in [0, 0.1) is 5.92 Å². The number of benzene rings is 2. The zero-order valence-corrected chi connectivity index (χ0v) is 23.0. The van der Waals surface area contributed by atoms with E-state index in [1.807, 2.05) is 18.2 Å². The second-order valence-corrected chi connectivity index (χ2v) is 11.3. The van der Waals surface area contributed by atoms with E-state index in [0.29, 0.717) is 27.0 Å². The molecular weight excluding hydrogens is 503 g/mol. The first kappa shape index (κ1) is 26.4. The number of halogens is 3. The van der Waals surface area contributed by atoms with Crippen LogP contribution in [-0.4, -0.2) is 62.0 Å². The van der Waals surface area contributed by atoms with Gasteiger partial charge >= 0.3 is 0 Å². The molecule has 0 spiro atoms. The summed E-state index contributed by atoms with van der Waals surface area (Å²) in [6.07, 6.45) is 4.02. The standard InChI is InChI=1S/C27H35Cl3N4O/c1-18(23-8-6-20(28)15-25(23)30)31-26-16-21(7-9-24(26)29)33-13-10-19(11-14-33)27(35)34-12-4-5-22(17-34)32(2)3/h6-9,15-16,18-19,22,31H,4-5,10-14,17H2,1-3H3/t18-,22?/m1/s1. The topological polar surface area (TPSA) is 38.8 Å². The molecule has 0 aromatic heterocycles. The molecule has 2 aliphatic rings. The Labute approximate surface area is 224 Å². The Bertz CT molecular complexity index is 1040. The van der Waals surface area contributed by atoms with E-state index in [1.54, 1.807) is 6.07 Å². The summed E-state index contributed by atoms with van der Waals surface area (Å²) in [5, 5.41) is 5.41. The number of hydrogen-bond donors (Lipinski definition) is 1. The van der Waals surface area contributed by atoms with Crippen LogP contribution in [0.25, 0.3) is 0 Å². The zero-order chi connectivity index (χ0) is 25.1. The molecule has 0 saturated carbocycles. The van der Waals surface area contributed by atoms with Gasteiger partial charge in [-0.25, -0.2) is 0 Å². The van der Waals surface area contributed by atoms with Crippen molar-refractivity contribution >= 4 is 52.1 Å². The quantitative estimate of drug-likeness (QED) is 0.451. The van der Waals surface area contributed by atoms with Crippen LogP contribution in [0.5, 0.6) is 0 Å². The predicted molar refractivity (Wildman–Crippen MR) is 148 cm³/mol. The average Bonchev–Trinajstić information content (AvgIpc) is 2.85. The Kier molecular flexibility index (Phi) is 8.75. The van der Waals surface area contributed by atoms with E-state index in [4.69, 9.17) is 34.8 Å². The SMILES string of the molecule is C[C@@H](Nc1cc(N2CCC(C(=O)N3CCCC(N(C)C)C3)CC2)ccc1Cl)c1ccc(Cl)cc1Cl. The van der Waals surface area contributed by atoms with E-state index >= 15 is 0 Å². The Hall–Kier alpha value is -1.66. The molecule has 35 heavy (non-hydrogen) atoms. The number of nitrogens with one attached hydrogen (secondary N) is 1. The number of anilines is 2. The predicted octanol–water partition coefficient (Wildman–Crippen LogP) is 6.59. The molecule has 2 fully saturated rings. The normalized spacial score (nSPS) is 20.3. The maximum absolute atomic E-state index is 13.2. The lowest BCUT2D eigenvalue weighted by Gasteiger charge is -2.40. The van der Waals surface area contributed by atoms with Gasteiger partial charge in [0.05, 0.1) is 16.8 Å². The largest absolute Gasteiger partial charge is 0.377 e. The van der Waals surface area contributed by atoms with E-state index < -0.39 is 0 Å². The van der Waals surface area contributed by atoms with E-state index in [1.165, 1.54) is 6.42 Å². The lowest BCUT2D eigenvalue weighted by atomic mass is 9.93. The van der Waals surface area contributed by atoms with Gasteiger partial charge in [0.25, 0.3) is 0 Å². The molecule has 0 bridgehead atoms. The van der Waals surface area contributed by atoms with Crippen molar-refractivity contribution < 1.29 is 4.79 Å². The van der Waals surface area contributed by atoms with Crippen LogP contribution in [0.3, 0.4) is 0 Å². The lowest BCUT2D eigenvalue weighted by molar-refractivity contribution is -0.138. The van der Waals surface area contributed by atoms with Gasteiger partial charge in [-0.05, 0) is 82.6 Å². The van der Waals surface area contributed by atoms with E-state index in [-0.39, 0.29) is 12.0 Å². The minimum absolute atomic E-state index is 0.0357. The van der Waals surface area contributed by atoms with E-state index in [0.717, 1.165) is 62.4 Å². The lowest BCUT2D eigenvalue weighted by Crippen LogP contribution is -2.50. The molecule has 2 atom stereocenters. The van der Waals surface area contributed by atoms with Crippen LogP contribution >= 0.6 is 34.8 Å². The van der Waals surface area contributed by atoms with Gasteiger partial charge in [-0.3, -0.25) is 4.79 Å². The molecule has 1 unspecified atom stereocenters. The minimum Gasteiger partial charge on any atom is -0.377 e. The number of piperidine rings is 2.